The first-order valence-electron chi connectivity index (χ1n) is 6.47. The second kappa shape index (κ2) is 8.56. The molecule has 1 atom stereocenters. The summed E-state index contributed by atoms with van der Waals surface area (Å²) >= 11 is 0. The number of amides is 1. The second-order valence-corrected chi connectivity index (χ2v) is 4.60. The quantitative estimate of drug-likeness (QED) is 0.625. The lowest BCUT2D eigenvalue weighted by atomic mass is 10.2. The van der Waals surface area contributed by atoms with Gasteiger partial charge in [0.2, 0.25) is 5.91 Å². The number of hydrogen-bond acceptors (Lipinski definition) is 5. The molecule has 0 spiro atoms. The predicted octanol–water partition coefficient (Wildman–Crippen LogP) is 1.01. The number of benzene rings is 1. The fraction of sp³-hybridized carbons (Fsp3) is 0.462. The molecule has 0 radical (unpaired) electrons. The molecule has 2 N–H and O–H groups in total. The minimum Gasteiger partial charge on any atom is -0.375 e. The molecule has 116 valence electrons. The van der Waals surface area contributed by atoms with E-state index in [9.17, 15) is 14.9 Å². The maximum atomic E-state index is 11.7. The molecule has 0 saturated carbocycles. The van der Waals surface area contributed by atoms with E-state index in [1.165, 1.54) is 12.1 Å². The average Bonchev–Trinajstić information content (AvgIpc) is 2.46. The van der Waals surface area contributed by atoms with E-state index in [1.54, 1.807) is 12.1 Å². The van der Waals surface area contributed by atoms with Crippen molar-refractivity contribution < 1.29 is 14.5 Å². The predicted molar refractivity (Wildman–Crippen MR) is 79.4 cm³/mol. The third kappa shape index (κ3) is 5.66. The summed E-state index contributed by atoms with van der Waals surface area (Å²) in [6, 6.07) is 6.12. The van der Waals surface area contributed by atoms with Crippen LogP contribution < -0.4 is 10.6 Å². The fourth-order valence-corrected chi connectivity index (χ4v) is 1.97. The first-order valence-corrected chi connectivity index (χ1v) is 6.47. The Morgan fingerprint density at radius 2 is 2.14 bits per heavy atom. The van der Waals surface area contributed by atoms with Gasteiger partial charge in [-0.1, -0.05) is 12.1 Å². The minimum absolute atomic E-state index is 0. The summed E-state index contributed by atoms with van der Waals surface area (Å²) < 4.78 is 5.44. The number of nitro benzene ring substituents is 1. The number of nitro groups is 1. The van der Waals surface area contributed by atoms with Crippen molar-refractivity contribution in [3.05, 3.63) is 39.9 Å². The molecule has 8 heteroatoms. The number of nitrogens with zero attached hydrogens (tertiary/aromatic N) is 1. The smallest absolute Gasteiger partial charge is 0.269 e. The van der Waals surface area contributed by atoms with Crippen LogP contribution in [0.5, 0.6) is 0 Å². The Morgan fingerprint density at radius 1 is 1.43 bits per heavy atom. The Hall–Kier alpha value is -1.70. The van der Waals surface area contributed by atoms with Gasteiger partial charge in [-0.15, -0.1) is 12.4 Å². The van der Waals surface area contributed by atoms with Gasteiger partial charge >= 0.3 is 0 Å². The molecule has 1 aromatic rings. The number of carbonyl (C=O) groups is 1. The molecule has 1 saturated heterocycles. The standard InChI is InChI=1S/C13H17N3O4.ClH/c17-13(7-12-9-14-5-6-20-12)15-8-10-1-3-11(4-2-10)16(18)19;/h1-4,12,14H,5-9H2,(H,15,17);1H. The molecule has 7 nitrogen and oxygen atoms in total. The van der Waals surface area contributed by atoms with Gasteiger partial charge in [-0.2, -0.15) is 0 Å². The van der Waals surface area contributed by atoms with E-state index in [1.807, 2.05) is 0 Å². The summed E-state index contributed by atoms with van der Waals surface area (Å²) in [7, 11) is 0. The highest BCUT2D eigenvalue weighted by molar-refractivity contribution is 5.85. The van der Waals surface area contributed by atoms with Crippen molar-refractivity contribution in [3.8, 4) is 0 Å². The molecular formula is C13H18ClN3O4. The molecule has 0 aliphatic carbocycles. The Bertz CT molecular complexity index is 475. The van der Waals surface area contributed by atoms with E-state index in [0.29, 0.717) is 26.1 Å². The van der Waals surface area contributed by atoms with Gasteiger partial charge in [0.25, 0.3) is 5.69 Å². The summed E-state index contributed by atoms with van der Waals surface area (Å²) in [5.41, 5.74) is 0.869. The number of halogens is 1. The third-order valence-electron chi connectivity index (χ3n) is 3.05. The molecule has 1 amide bonds. The highest BCUT2D eigenvalue weighted by Crippen LogP contribution is 2.11. The zero-order valence-electron chi connectivity index (χ0n) is 11.4. The van der Waals surface area contributed by atoms with Crippen molar-refractivity contribution in [1.29, 1.82) is 0 Å². The molecule has 1 aliphatic heterocycles. The summed E-state index contributed by atoms with van der Waals surface area (Å²) in [4.78, 5) is 21.8. The first-order chi connectivity index (χ1) is 9.65. The van der Waals surface area contributed by atoms with Crippen molar-refractivity contribution in [2.24, 2.45) is 0 Å². The maximum absolute atomic E-state index is 11.7. The molecule has 0 aromatic heterocycles. The highest BCUT2D eigenvalue weighted by Gasteiger charge is 2.17. The number of ether oxygens (including phenoxy) is 1. The Balaban J connectivity index is 0.00000220. The Kier molecular flexibility index (Phi) is 7.07. The first kappa shape index (κ1) is 17.4. The van der Waals surface area contributed by atoms with Crippen LogP contribution in [-0.4, -0.2) is 36.6 Å². The zero-order chi connectivity index (χ0) is 14.4. The van der Waals surface area contributed by atoms with Gasteiger partial charge in [0.15, 0.2) is 0 Å². The van der Waals surface area contributed by atoms with E-state index < -0.39 is 4.92 Å². The molecule has 1 heterocycles. The normalized spacial score (nSPS) is 17.6. The van der Waals surface area contributed by atoms with E-state index in [4.69, 9.17) is 4.74 Å². The van der Waals surface area contributed by atoms with Crippen LogP contribution in [-0.2, 0) is 16.1 Å². The molecule has 1 aromatic carbocycles. The van der Waals surface area contributed by atoms with Crippen LogP contribution in [0.2, 0.25) is 0 Å². The van der Waals surface area contributed by atoms with Crippen molar-refractivity contribution in [2.45, 2.75) is 19.1 Å². The number of non-ortho nitro benzene ring substituents is 1. The number of rotatable bonds is 5. The van der Waals surface area contributed by atoms with Crippen LogP contribution >= 0.6 is 12.4 Å². The van der Waals surface area contributed by atoms with Crippen LogP contribution in [0.25, 0.3) is 0 Å². The van der Waals surface area contributed by atoms with Gasteiger partial charge < -0.3 is 15.4 Å². The van der Waals surface area contributed by atoms with Crippen LogP contribution in [0.3, 0.4) is 0 Å². The lowest BCUT2D eigenvalue weighted by Gasteiger charge is -2.23. The molecular weight excluding hydrogens is 298 g/mol. The van der Waals surface area contributed by atoms with Crippen LogP contribution in [0, 0.1) is 10.1 Å². The Morgan fingerprint density at radius 3 is 2.71 bits per heavy atom. The fourth-order valence-electron chi connectivity index (χ4n) is 1.97. The molecule has 1 aliphatic rings. The Labute approximate surface area is 128 Å². The zero-order valence-corrected chi connectivity index (χ0v) is 12.2. The van der Waals surface area contributed by atoms with Gasteiger partial charge in [0, 0.05) is 31.8 Å². The molecule has 21 heavy (non-hydrogen) atoms. The van der Waals surface area contributed by atoms with Crippen molar-refractivity contribution in [1.82, 2.24) is 10.6 Å². The maximum Gasteiger partial charge on any atom is 0.269 e. The number of morpholine rings is 1. The number of hydrogen-bond donors (Lipinski definition) is 2. The third-order valence-corrected chi connectivity index (χ3v) is 3.05. The molecule has 2 rings (SSSR count). The van der Waals surface area contributed by atoms with Gasteiger partial charge in [-0.3, -0.25) is 14.9 Å². The summed E-state index contributed by atoms with van der Waals surface area (Å²) in [5.74, 6) is -0.0861. The largest absolute Gasteiger partial charge is 0.375 e. The summed E-state index contributed by atoms with van der Waals surface area (Å²) in [6.45, 7) is 2.49. The molecule has 0 bridgehead atoms. The molecule has 1 fully saturated rings. The van der Waals surface area contributed by atoms with Crippen molar-refractivity contribution >= 4 is 24.0 Å². The van der Waals surface area contributed by atoms with Crippen molar-refractivity contribution in [2.75, 3.05) is 19.7 Å². The topological polar surface area (TPSA) is 93.5 Å². The van der Waals surface area contributed by atoms with Crippen LogP contribution in [0.4, 0.5) is 5.69 Å². The highest BCUT2D eigenvalue weighted by atomic mass is 35.5. The van der Waals surface area contributed by atoms with Crippen LogP contribution in [0.1, 0.15) is 12.0 Å². The van der Waals surface area contributed by atoms with Gasteiger partial charge in [-0.05, 0) is 5.56 Å². The van der Waals surface area contributed by atoms with Gasteiger partial charge in [0.05, 0.1) is 24.1 Å². The minimum atomic E-state index is -0.449. The summed E-state index contributed by atoms with van der Waals surface area (Å²) in [6.07, 6.45) is 0.237. The lowest BCUT2D eigenvalue weighted by Crippen LogP contribution is -2.41. The van der Waals surface area contributed by atoms with Gasteiger partial charge in [0.1, 0.15) is 0 Å². The molecule has 1 unspecified atom stereocenters. The van der Waals surface area contributed by atoms with Crippen molar-refractivity contribution in [3.63, 3.8) is 0 Å². The average molecular weight is 316 g/mol. The second-order valence-electron chi connectivity index (χ2n) is 4.60. The van der Waals surface area contributed by atoms with E-state index in [-0.39, 0.29) is 30.1 Å². The van der Waals surface area contributed by atoms with E-state index in [2.05, 4.69) is 10.6 Å². The van der Waals surface area contributed by atoms with Gasteiger partial charge in [-0.25, -0.2) is 0 Å². The number of carbonyl (C=O) groups excluding carboxylic acids is 1. The lowest BCUT2D eigenvalue weighted by molar-refractivity contribution is -0.384. The monoisotopic (exact) mass is 315 g/mol. The SMILES string of the molecule is Cl.O=C(CC1CNCCO1)NCc1ccc([N+](=O)[O-])cc1. The summed E-state index contributed by atoms with van der Waals surface area (Å²) in [5, 5.41) is 16.5. The van der Waals surface area contributed by atoms with E-state index in [0.717, 1.165) is 12.1 Å². The van der Waals surface area contributed by atoms with Crippen LogP contribution in [0.15, 0.2) is 24.3 Å². The van der Waals surface area contributed by atoms with E-state index >= 15 is 0 Å². The number of nitrogens with one attached hydrogen (secondary N) is 2.